The Kier molecular flexibility index (Phi) is 7.35. The molecule has 3 aromatic carbocycles. The molecule has 0 saturated carbocycles. The second-order valence-corrected chi connectivity index (χ2v) is 9.14. The molecule has 1 heterocycles. The predicted molar refractivity (Wildman–Crippen MR) is 132 cm³/mol. The first-order chi connectivity index (χ1) is 16.0. The number of hydrogen-bond acceptors (Lipinski definition) is 4. The van der Waals surface area contributed by atoms with Crippen molar-refractivity contribution in [2.45, 2.75) is 24.8 Å². The first-order valence-electron chi connectivity index (χ1n) is 11.0. The number of methoxy groups -OCH3 is 1. The van der Waals surface area contributed by atoms with Gasteiger partial charge >= 0.3 is 0 Å². The van der Waals surface area contributed by atoms with E-state index < -0.39 is 0 Å². The van der Waals surface area contributed by atoms with Crippen molar-refractivity contribution in [2.75, 3.05) is 19.4 Å². The Labute approximate surface area is 199 Å². The molecule has 1 aliphatic rings. The van der Waals surface area contributed by atoms with Crippen molar-refractivity contribution in [3.05, 3.63) is 101 Å². The quantitative estimate of drug-likeness (QED) is 0.514. The predicted octanol–water partition coefficient (Wildman–Crippen LogP) is 5.00. The van der Waals surface area contributed by atoms with Gasteiger partial charge in [0.25, 0.3) is 5.91 Å². The summed E-state index contributed by atoms with van der Waals surface area (Å²) in [6.07, 6.45) is 0.827. The topological polar surface area (TPSA) is 58.6 Å². The fourth-order valence-corrected chi connectivity index (χ4v) is 5.14. The summed E-state index contributed by atoms with van der Waals surface area (Å²) in [7, 11) is 1.63. The van der Waals surface area contributed by atoms with Crippen LogP contribution in [0.5, 0.6) is 5.75 Å². The van der Waals surface area contributed by atoms with Crippen LogP contribution in [0.2, 0.25) is 0 Å². The number of nitrogens with one attached hydrogen (secondary N) is 1. The number of carbonyl (C=O) groups excluding carboxylic acids is 2. The Morgan fingerprint density at radius 2 is 1.76 bits per heavy atom. The molecule has 4 rings (SSSR count). The summed E-state index contributed by atoms with van der Waals surface area (Å²) < 4.78 is 5.19. The highest BCUT2D eigenvalue weighted by molar-refractivity contribution is 8.00. The monoisotopic (exact) mass is 460 g/mol. The van der Waals surface area contributed by atoms with Crippen molar-refractivity contribution in [3.63, 3.8) is 0 Å². The first-order valence-corrected chi connectivity index (χ1v) is 12.1. The van der Waals surface area contributed by atoms with Crippen LogP contribution < -0.4 is 10.1 Å². The second kappa shape index (κ2) is 10.6. The van der Waals surface area contributed by atoms with Gasteiger partial charge in [0.1, 0.15) is 11.1 Å². The normalized spacial score (nSPS) is 16.5. The molecular formula is C27H28N2O3S. The van der Waals surface area contributed by atoms with Gasteiger partial charge in [-0.25, -0.2) is 0 Å². The van der Waals surface area contributed by atoms with Crippen LogP contribution in [0.25, 0.3) is 0 Å². The van der Waals surface area contributed by atoms with Gasteiger partial charge in [-0.3, -0.25) is 9.59 Å². The summed E-state index contributed by atoms with van der Waals surface area (Å²) in [5.74, 6) is 1.31. The summed E-state index contributed by atoms with van der Waals surface area (Å²) in [6, 6.07) is 25.3. The van der Waals surface area contributed by atoms with E-state index in [-0.39, 0.29) is 23.2 Å². The maximum Gasteiger partial charge on any atom is 0.251 e. The second-order valence-electron chi connectivity index (χ2n) is 8.08. The van der Waals surface area contributed by atoms with Crippen LogP contribution in [-0.4, -0.2) is 36.1 Å². The van der Waals surface area contributed by atoms with Crippen LogP contribution in [0, 0.1) is 0 Å². The van der Waals surface area contributed by atoms with E-state index in [0.717, 1.165) is 23.3 Å². The lowest BCUT2D eigenvalue weighted by Crippen LogP contribution is -2.30. The number of rotatable bonds is 8. The standard InChI is InChI=1S/C27H28N2O3S/c1-19(21-12-14-24(32-2)15-13-21)28-26(31)22-8-10-23(11-9-22)27-29(25(30)18-33-27)17-16-20-6-4-3-5-7-20/h3-15,19,27H,16-18H2,1-2H3,(H,28,31)/t19-,27+/m0/s1. The number of benzene rings is 3. The van der Waals surface area contributed by atoms with E-state index in [0.29, 0.717) is 17.9 Å². The molecule has 0 unspecified atom stereocenters. The van der Waals surface area contributed by atoms with Gasteiger partial charge in [-0.15, -0.1) is 11.8 Å². The van der Waals surface area contributed by atoms with E-state index in [9.17, 15) is 9.59 Å². The molecule has 33 heavy (non-hydrogen) atoms. The smallest absolute Gasteiger partial charge is 0.251 e. The van der Waals surface area contributed by atoms with Gasteiger partial charge in [0.15, 0.2) is 0 Å². The third-order valence-corrected chi connectivity index (χ3v) is 7.13. The number of carbonyl (C=O) groups is 2. The highest BCUT2D eigenvalue weighted by atomic mass is 32.2. The van der Waals surface area contributed by atoms with Gasteiger partial charge in [-0.1, -0.05) is 54.6 Å². The fraction of sp³-hybridized carbons (Fsp3) is 0.259. The molecular weight excluding hydrogens is 432 g/mol. The maximum atomic E-state index is 12.8. The van der Waals surface area contributed by atoms with Crippen LogP contribution in [0.1, 0.15) is 45.4 Å². The Morgan fingerprint density at radius 1 is 1.06 bits per heavy atom. The molecule has 0 aromatic heterocycles. The molecule has 0 spiro atoms. The van der Waals surface area contributed by atoms with Gasteiger partial charge in [0.05, 0.1) is 18.9 Å². The molecule has 5 nitrogen and oxygen atoms in total. The number of amides is 2. The van der Waals surface area contributed by atoms with E-state index >= 15 is 0 Å². The number of thioether (sulfide) groups is 1. The third kappa shape index (κ3) is 5.57. The minimum Gasteiger partial charge on any atom is -0.497 e. The Balaban J connectivity index is 1.39. The average molecular weight is 461 g/mol. The van der Waals surface area contributed by atoms with Crippen molar-refractivity contribution < 1.29 is 14.3 Å². The summed E-state index contributed by atoms with van der Waals surface area (Å²) in [5.41, 5.74) is 3.87. The van der Waals surface area contributed by atoms with Crippen molar-refractivity contribution in [1.82, 2.24) is 10.2 Å². The molecule has 1 N–H and O–H groups in total. The van der Waals surface area contributed by atoms with Crippen LogP contribution in [0.15, 0.2) is 78.9 Å². The molecule has 0 bridgehead atoms. The van der Waals surface area contributed by atoms with Gasteiger partial charge < -0.3 is 15.0 Å². The molecule has 1 aliphatic heterocycles. The van der Waals surface area contributed by atoms with Gasteiger partial charge in [0.2, 0.25) is 5.91 Å². The molecule has 1 fully saturated rings. The highest BCUT2D eigenvalue weighted by Gasteiger charge is 2.32. The molecule has 6 heteroatoms. The summed E-state index contributed by atoms with van der Waals surface area (Å²) >= 11 is 1.64. The lowest BCUT2D eigenvalue weighted by atomic mass is 10.1. The van der Waals surface area contributed by atoms with Crippen LogP contribution in [0.3, 0.4) is 0 Å². The maximum absolute atomic E-state index is 12.8. The van der Waals surface area contributed by atoms with Gasteiger partial charge in [-0.05, 0) is 54.3 Å². The molecule has 2 amide bonds. The zero-order valence-electron chi connectivity index (χ0n) is 18.9. The first kappa shape index (κ1) is 22.9. The van der Waals surface area contributed by atoms with E-state index in [1.165, 1.54) is 5.56 Å². The summed E-state index contributed by atoms with van der Waals surface area (Å²) in [6.45, 7) is 2.64. The van der Waals surface area contributed by atoms with Crippen LogP contribution >= 0.6 is 11.8 Å². The molecule has 0 radical (unpaired) electrons. The number of nitrogens with zero attached hydrogens (tertiary/aromatic N) is 1. The highest BCUT2D eigenvalue weighted by Crippen LogP contribution is 2.38. The Bertz CT molecular complexity index is 1080. The van der Waals surface area contributed by atoms with E-state index in [2.05, 4.69) is 17.4 Å². The van der Waals surface area contributed by atoms with Crippen molar-refractivity contribution in [3.8, 4) is 5.75 Å². The van der Waals surface area contributed by atoms with E-state index in [1.807, 2.05) is 78.6 Å². The minimum atomic E-state index is -0.125. The lowest BCUT2D eigenvalue weighted by molar-refractivity contribution is -0.128. The van der Waals surface area contributed by atoms with Gasteiger partial charge in [0, 0.05) is 12.1 Å². The third-order valence-electron chi connectivity index (χ3n) is 5.87. The van der Waals surface area contributed by atoms with Crippen LogP contribution in [0.4, 0.5) is 0 Å². The Hall–Kier alpha value is -3.25. The number of hydrogen-bond donors (Lipinski definition) is 1. The molecule has 0 aliphatic carbocycles. The van der Waals surface area contributed by atoms with E-state index in [1.54, 1.807) is 18.9 Å². The minimum absolute atomic E-state index is 0.0171. The largest absolute Gasteiger partial charge is 0.497 e. The fourth-order valence-electron chi connectivity index (χ4n) is 3.92. The molecule has 170 valence electrons. The zero-order chi connectivity index (χ0) is 23.2. The lowest BCUT2D eigenvalue weighted by Gasteiger charge is -2.24. The van der Waals surface area contributed by atoms with Crippen LogP contribution in [-0.2, 0) is 11.2 Å². The van der Waals surface area contributed by atoms with Crippen molar-refractivity contribution in [2.24, 2.45) is 0 Å². The van der Waals surface area contributed by atoms with E-state index in [4.69, 9.17) is 4.74 Å². The average Bonchev–Trinajstić information content (AvgIpc) is 3.23. The Morgan fingerprint density at radius 3 is 2.42 bits per heavy atom. The van der Waals surface area contributed by atoms with Gasteiger partial charge in [-0.2, -0.15) is 0 Å². The van der Waals surface area contributed by atoms with Crippen molar-refractivity contribution >= 4 is 23.6 Å². The zero-order valence-corrected chi connectivity index (χ0v) is 19.7. The van der Waals surface area contributed by atoms with Crippen molar-refractivity contribution in [1.29, 1.82) is 0 Å². The SMILES string of the molecule is COc1ccc([C@H](C)NC(=O)c2ccc([C@H]3SCC(=O)N3CCc3ccccc3)cc2)cc1. The summed E-state index contributed by atoms with van der Waals surface area (Å²) in [4.78, 5) is 27.2. The molecule has 2 atom stereocenters. The summed E-state index contributed by atoms with van der Waals surface area (Å²) in [5, 5.41) is 3.03. The molecule has 1 saturated heterocycles. The number of ether oxygens (including phenoxy) is 1. The molecule has 3 aromatic rings.